The van der Waals surface area contributed by atoms with Crippen LogP contribution in [0.5, 0.6) is 0 Å². The fourth-order valence-electron chi connectivity index (χ4n) is 2.66. The van der Waals surface area contributed by atoms with Crippen molar-refractivity contribution in [3.05, 3.63) is 35.9 Å². The second-order valence-corrected chi connectivity index (χ2v) is 4.87. The minimum absolute atomic E-state index is 0.429. The summed E-state index contributed by atoms with van der Waals surface area (Å²) in [6, 6.07) is 11.2. The van der Waals surface area contributed by atoms with Crippen molar-refractivity contribution in [3.63, 3.8) is 0 Å². The molecule has 0 amide bonds. The Morgan fingerprint density at radius 2 is 1.89 bits per heavy atom. The fourth-order valence-corrected chi connectivity index (χ4v) is 2.66. The molecule has 0 heterocycles. The maximum atomic E-state index is 5.49. The number of rotatable bonds is 6. The molecule has 100 valence electrons. The first-order chi connectivity index (χ1) is 8.92. The van der Waals surface area contributed by atoms with Crippen molar-refractivity contribution < 1.29 is 9.57 Å². The summed E-state index contributed by atoms with van der Waals surface area (Å²) in [5.41, 5.74) is 4.65. The Kier molecular flexibility index (Phi) is 5.65. The average molecular weight is 249 g/mol. The van der Waals surface area contributed by atoms with Gasteiger partial charge >= 0.3 is 0 Å². The SMILES string of the molecule is COCCONC1CCCCC1c1ccccc1. The third-order valence-electron chi connectivity index (χ3n) is 3.62. The van der Waals surface area contributed by atoms with Gasteiger partial charge in [0.2, 0.25) is 0 Å². The van der Waals surface area contributed by atoms with E-state index in [4.69, 9.17) is 9.57 Å². The Morgan fingerprint density at radius 1 is 1.11 bits per heavy atom. The highest BCUT2D eigenvalue weighted by molar-refractivity contribution is 5.21. The van der Waals surface area contributed by atoms with Gasteiger partial charge in [-0.3, -0.25) is 4.84 Å². The maximum Gasteiger partial charge on any atom is 0.0915 e. The van der Waals surface area contributed by atoms with Gasteiger partial charge in [-0.1, -0.05) is 43.2 Å². The van der Waals surface area contributed by atoms with Gasteiger partial charge in [0, 0.05) is 19.1 Å². The van der Waals surface area contributed by atoms with Crippen molar-refractivity contribution >= 4 is 0 Å². The van der Waals surface area contributed by atoms with Crippen LogP contribution in [0.25, 0.3) is 0 Å². The van der Waals surface area contributed by atoms with Crippen LogP contribution >= 0.6 is 0 Å². The number of nitrogens with one attached hydrogen (secondary N) is 1. The molecule has 0 bridgehead atoms. The van der Waals surface area contributed by atoms with Crippen LogP contribution in [-0.4, -0.2) is 26.4 Å². The third kappa shape index (κ3) is 3.80. The normalized spacial score (nSPS) is 24.1. The summed E-state index contributed by atoms with van der Waals surface area (Å²) in [6.07, 6.45) is 5.03. The van der Waals surface area contributed by atoms with Gasteiger partial charge in [-0.2, -0.15) is 5.48 Å². The van der Waals surface area contributed by atoms with E-state index >= 15 is 0 Å². The quantitative estimate of drug-likeness (QED) is 0.621. The molecule has 2 atom stereocenters. The molecule has 18 heavy (non-hydrogen) atoms. The van der Waals surface area contributed by atoms with E-state index in [1.165, 1.54) is 31.2 Å². The summed E-state index contributed by atoms with van der Waals surface area (Å²) in [4.78, 5) is 5.49. The first-order valence-electron chi connectivity index (χ1n) is 6.83. The molecule has 1 aromatic rings. The molecule has 1 aliphatic rings. The minimum Gasteiger partial charge on any atom is -0.382 e. The lowest BCUT2D eigenvalue weighted by atomic mass is 9.80. The number of benzene rings is 1. The highest BCUT2D eigenvalue weighted by Crippen LogP contribution is 2.32. The predicted molar refractivity (Wildman–Crippen MR) is 72.4 cm³/mol. The summed E-state index contributed by atoms with van der Waals surface area (Å²) in [5.74, 6) is 0.572. The summed E-state index contributed by atoms with van der Waals surface area (Å²) in [7, 11) is 1.69. The van der Waals surface area contributed by atoms with Gasteiger partial charge in [0.1, 0.15) is 0 Å². The first-order valence-corrected chi connectivity index (χ1v) is 6.83. The van der Waals surface area contributed by atoms with E-state index in [0.29, 0.717) is 25.2 Å². The molecule has 0 saturated heterocycles. The topological polar surface area (TPSA) is 30.5 Å². The van der Waals surface area contributed by atoms with Crippen LogP contribution in [0.2, 0.25) is 0 Å². The largest absolute Gasteiger partial charge is 0.382 e. The predicted octanol–water partition coefficient (Wildman–Crippen LogP) is 2.88. The van der Waals surface area contributed by atoms with Crippen molar-refractivity contribution in [1.82, 2.24) is 5.48 Å². The van der Waals surface area contributed by atoms with Gasteiger partial charge in [0.15, 0.2) is 0 Å². The monoisotopic (exact) mass is 249 g/mol. The summed E-state index contributed by atoms with van der Waals surface area (Å²) in [5, 5.41) is 0. The van der Waals surface area contributed by atoms with E-state index in [-0.39, 0.29) is 0 Å². The van der Waals surface area contributed by atoms with E-state index in [1.54, 1.807) is 7.11 Å². The molecule has 1 fully saturated rings. The summed E-state index contributed by atoms with van der Waals surface area (Å²) in [6.45, 7) is 1.24. The molecule has 0 radical (unpaired) electrons. The van der Waals surface area contributed by atoms with Gasteiger partial charge in [0.25, 0.3) is 0 Å². The molecule has 1 N–H and O–H groups in total. The second-order valence-electron chi connectivity index (χ2n) is 4.87. The molecular formula is C15H23NO2. The van der Waals surface area contributed by atoms with E-state index in [1.807, 2.05) is 0 Å². The Morgan fingerprint density at radius 3 is 2.67 bits per heavy atom. The van der Waals surface area contributed by atoms with Crippen molar-refractivity contribution in [2.45, 2.75) is 37.6 Å². The van der Waals surface area contributed by atoms with Gasteiger partial charge in [-0.15, -0.1) is 0 Å². The Balaban J connectivity index is 1.90. The van der Waals surface area contributed by atoms with Gasteiger partial charge in [0.05, 0.1) is 13.2 Å². The van der Waals surface area contributed by atoms with Crippen molar-refractivity contribution in [1.29, 1.82) is 0 Å². The third-order valence-corrected chi connectivity index (χ3v) is 3.62. The molecule has 2 rings (SSSR count). The van der Waals surface area contributed by atoms with Crippen LogP contribution in [0.3, 0.4) is 0 Å². The Bertz CT molecular complexity index is 329. The molecule has 3 heteroatoms. The van der Waals surface area contributed by atoms with Crippen molar-refractivity contribution in [2.75, 3.05) is 20.3 Å². The lowest BCUT2D eigenvalue weighted by Gasteiger charge is -2.32. The molecule has 0 aromatic heterocycles. The van der Waals surface area contributed by atoms with Gasteiger partial charge in [-0.25, -0.2) is 0 Å². The average Bonchev–Trinajstić information content (AvgIpc) is 2.45. The van der Waals surface area contributed by atoms with E-state index in [0.717, 1.165) is 0 Å². The lowest BCUT2D eigenvalue weighted by Crippen LogP contribution is -2.37. The summed E-state index contributed by atoms with van der Waals surface area (Å²) < 4.78 is 4.98. The molecule has 1 aromatic carbocycles. The first kappa shape index (κ1) is 13.5. The lowest BCUT2D eigenvalue weighted by molar-refractivity contribution is -0.0225. The van der Waals surface area contributed by atoms with Crippen LogP contribution in [0, 0.1) is 0 Å². The van der Waals surface area contributed by atoms with Gasteiger partial charge in [-0.05, 0) is 18.4 Å². The number of hydrogen-bond acceptors (Lipinski definition) is 3. The molecule has 0 spiro atoms. The highest BCUT2D eigenvalue weighted by atomic mass is 16.7. The highest BCUT2D eigenvalue weighted by Gasteiger charge is 2.26. The molecule has 1 aliphatic carbocycles. The van der Waals surface area contributed by atoms with Crippen molar-refractivity contribution in [2.24, 2.45) is 0 Å². The molecule has 3 nitrogen and oxygen atoms in total. The smallest absolute Gasteiger partial charge is 0.0915 e. The number of ether oxygens (including phenoxy) is 1. The van der Waals surface area contributed by atoms with Crippen LogP contribution < -0.4 is 5.48 Å². The Hall–Kier alpha value is -0.900. The number of hydrogen-bond donors (Lipinski definition) is 1. The van der Waals surface area contributed by atoms with Gasteiger partial charge < -0.3 is 4.74 Å². The van der Waals surface area contributed by atoms with Crippen LogP contribution in [0.4, 0.5) is 0 Å². The Labute approximate surface area is 109 Å². The zero-order valence-electron chi connectivity index (χ0n) is 11.1. The molecule has 0 aliphatic heterocycles. The summed E-state index contributed by atoms with van der Waals surface area (Å²) >= 11 is 0. The molecule has 1 saturated carbocycles. The van der Waals surface area contributed by atoms with Crippen LogP contribution in [0.15, 0.2) is 30.3 Å². The minimum atomic E-state index is 0.429. The van der Waals surface area contributed by atoms with E-state index in [2.05, 4.69) is 35.8 Å². The standard InChI is InChI=1S/C15H23NO2/c1-17-11-12-18-16-15-10-6-5-9-14(15)13-7-3-2-4-8-13/h2-4,7-8,14-16H,5-6,9-12H2,1H3. The number of hydroxylamine groups is 1. The van der Waals surface area contributed by atoms with E-state index in [9.17, 15) is 0 Å². The zero-order valence-corrected chi connectivity index (χ0v) is 11.1. The zero-order chi connectivity index (χ0) is 12.6. The van der Waals surface area contributed by atoms with Crippen molar-refractivity contribution in [3.8, 4) is 0 Å². The fraction of sp³-hybridized carbons (Fsp3) is 0.600. The van der Waals surface area contributed by atoms with E-state index < -0.39 is 0 Å². The second kappa shape index (κ2) is 7.52. The van der Waals surface area contributed by atoms with Crippen LogP contribution in [0.1, 0.15) is 37.2 Å². The molecular weight excluding hydrogens is 226 g/mol. The van der Waals surface area contributed by atoms with Crippen LogP contribution in [-0.2, 0) is 9.57 Å². The maximum absolute atomic E-state index is 5.49. The number of methoxy groups -OCH3 is 1. The molecule has 2 unspecified atom stereocenters.